The molecule has 3 aromatic heterocycles. The topological polar surface area (TPSA) is 233 Å². The summed E-state index contributed by atoms with van der Waals surface area (Å²) in [4.78, 5) is 42.8. The second kappa shape index (κ2) is 13.9. The molecule has 0 radical (unpaired) electrons. The number of alkyl halides is 1. The third-order valence-corrected chi connectivity index (χ3v) is 9.62. The molecular weight excluding hydrogens is 570 g/mol. The Morgan fingerprint density at radius 3 is 2.41 bits per heavy atom. The van der Waals surface area contributed by atoms with Crippen molar-refractivity contribution >= 4 is 26.7 Å². The van der Waals surface area contributed by atoms with Crippen LogP contribution in [0.5, 0.6) is 5.88 Å². The minimum atomic E-state index is -5.55. The zero-order valence-electron chi connectivity index (χ0n) is 21.4. The average molecular weight is 599 g/mol. The number of hydrogen-bond acceptors (Lipinski definition) is 11. The van der Waals surface area contributed by atoms with Gasteiger partial charge in [-0.25, -0.2) is 9.37 Å². The average Bonchev–Trinajstić information content (AvgIpc) is 3.30. The summed E-state index contributed by atoms with van der Waals surface area (Å²) in [6, 6.07) is 9.21. The monoisotopic (exact) mass is 599 g/mol. The number of aromatic nitrogens is 5. The smallest absolute Gasteiger partial charge is 0.776 e. The molecule has 1 fully saturated rings. The van der Waals surface area contributed by atoms with Gasteiger partial charge in [-0.1, -0.05) is 6.07 Å². The summed E-state index contributed by atoms with van der Waals surface area (Å²) in [5.74, 6) is 1.84. The van der Waals surface area contributed by atoms with E-state index in [1.54, 1.807) is 17.7 Å². The SMILES string of the molecule is COc1cccc(-c2nnc3ccc(N4CCC(F)CC4)nn23)n1.NCCCC(O)(P(=O)([O-])O)P(=O)(O)O.[Na+]. The first kappa shape index (κ1) is 33.7. The Morgan fingerprint density at radius 1 is 1.18 bits per heavy atom. The number of piperidine rings is 1. The molecule has 3 aromatic rings. The fraction of sp³-hybridized carbons (Fsp3) is 0.500. The summed E-state index contributed by atoms with van der Waals surface area (Å²) in [5, 5.41) is 18.7. The summed E-state index contributed by atoms with van der Waals surface area (Å²) < 4.78 is 41.5. The van der Waals surface area contributed by atoms with Crippen LogP contribution in [0, 0.1) is 0 Å². The predicted octanol–water partition coefficient (Wildman–Crippen LogP) is -2.77. The zero-order chi connectivity index (χ0) is 28.1. The molecule has 1 aliphatic rings. The number of ether oxygens (including phenoxy) is 1. The quantitative estimate of drug-likeness (QED) is 0.130. The number of pyridine rings is 1. The van der Waals surface area contributed by atoms with Gasteiger partial charge in [-0.2, -0.15) is 4.52 Å². The van der Waals surface area contributed by atoms with Gasteiger partial charge in [-0.3, -0.25) is 4.57 Å². The van der Waals surface area contributed by atoms with Gasteiger partial charge in [0.2, 0.25) is 16.8 Å². The molecule has 2 unspecified atom stereocenters. The van der Waals surface area contributed by atoms with Gasteiger partial charge in [0.15, 0.2) is 13.2 Å². The molecule has 1 saturated heterocycles. The number of hydrogen-bond donors (Lipinski definition) is 5. The molecule has 39 heavy (non-hydrogen) atoms. The van der Waals surface area contributed by atoms with E-state index in [1.165, 1.54) is 0 Å². The van der Waals surface area contributed by atoms with Crippen molar-refractivity contribution in [2.45, 2.75) is 36.9 Å². The molecule has 15 nitrogen and oxygen atoms in total. The number of fused-ring (bicyclic) bond motifs is 1. The summed E-state index contributed by atoms with van der Waals surface area (Å²) in [6.45, 7) is 1.26. The van der Waals surface area contributed by atoms with Crippen LogP contribution in [0.4, 0.5) is 10.2 Å². The van der Waals surface area contributed by atoms with Crippen molar-refractivity contribution in [2.75, 3.05) is 31.6 Å². The van der Waals surface area contributed by atoms with E-state index >= 15 is 0 Å². The molecule has 2 atom stereocenters. The van der Waals surface area contributed by atoms with E-state index in [9.17, 15) is 23.5 Å². The number of halogens is 1. The van der Waals surface area contributed by atoms with Crippen molar-refractivity contribution in [3.63, 3.8) is 0 Å². The van der Waals surface area contributed by atoms with Crippen LogP contribution in [0.3, 0.4) is 0 Å². The Labute approximate surface area is 245 Å². The Balaban J connectivity index is 0.000000309. The Bertz CT molecular complexity index is 1310. The van der Waals surface area contributed by atoms with E-state index in [0.29, 0.717) is 49.0 Å². The predicted molar refractivity (Wildman–Crippen MR) is 132 cm³/mol. The molecule has 0 aliphatic carbocycles. The number of nitrogens with two attached hydrogens (primary N) is 1. The second-order valence-electron chi connectivity index (χ2n) is 8.44. The minimum Gasteiger partial charge on any atom is -0.776 e. The third kappa shape index (κ3) is 8.02. The van der Waals surface area contributed by atoms with Gasteiger partial charge in [0, 0.05) is 19.2 Å². The van der Waals surface area contributed by atoms with Crippen LogP contribution in [-0.2, 0) is 9.13 Å². The Kier molecular flexibility index (Phi) is 12.0. The van der Waals surface area contributed by atoms with Crippen LogP contribution in [0.2, 0.25) is 0 Å². The van der Waals surface area contributed by atoms with Crippen LogP contribution < -0.4 is 49.8 Å². The molecule has 0 bridgehead atoms. The first-order valence-electron chi connectivity index (χ1n) is 11.5. The number of anilines is 1. The molecule has 0 saturated carbocycles. The van der Waals surface area contributed by atoms with E-state index in [4.69, 9.17) is 25.2 Å². The van der Waals surface area contributed by atoms with Crippen molar-refractivity contribution in [2.24, 2.45) is 5.73 Å². The standard InChI is InChI=1S/C16H17FN6O.C4H13NO7P2.Na/c1-24-15-4-2-3-12(18-15)16-20-19-13-5-6-14(21-23(13)16)22-9-7-11(17)8-10-22;5-3-1-2-4(6,13(7,8)9)14(10,11)12;/h2-6,11H,7-10H2,1H3;6H,1-3,5H2,(H2,7,8,9)(H2,10,11,12);/q;;+1/p-1. The van der Waals surface area contributed by atoms with Crippen LogP contribution >= 0.6 is 15.2 Å². The van der Waals surface area contributed by atoms with Crippen LogP contribution in [0.25, 0.3) is 17.2 Å². The molecule has 0 aromatic carbocycles. The maximum absolute atomic E-state index is 13.3. The fourth-order valence-electron chi connectivity index (χ4n) is 3.63. The molecule has 19 heteroatoms. The maximum atomic E-state index is 13.3. The van der Waals surface area contributed by atoms with Crippen molar-refractivity contribution in [1.29, 1.82) is 0 Å². The van der Waals surface area contributed by atoms with Gasteiger partial charge in [-0.05, 0) is 50.4 Å². The summed E-state index contributed by atoms with van der Waals surface area (Å²) in [7, 11) is -9.35. The summed E-state index contributed by atoms with van der Waals surface area (Å²) in [6.07, 6.45) is -0.603. The van der Waals surface area contributed by atoms with Crippen molar-refractivity contribution < 1.29 is 72.5 Å². The van der Waals surface area contributed by atoms with Gasteiger partial charge in [0.25, 0.3) is 0 Å². The molecule has 0 amide bonds. The van der Waals surface area contributed by atoms with E-state index in [0.717, 1.165) is 5.82 Å². The van der Waals surface area contributed by atoms with Crippen LogP contribution in [0.1, 0.15) is 25.7 Å². The second-order valence-corrected chi connectivity index (χ2v) is 12.4. The molecule has 4 rings (SSSR count). The van der Waals surface area contributed by atoms with Crippen LogP contribution in [-0.4, -0.2) is 82.6 Å². The normalized spacial score (nSPS) is 17.4. The Morgan fingerprint density at radius 2 is 1.85 bits per heavy atom. The molecule has 210 valence electrons. The van der Waals surface area contributed by atoms with Crippen LogP contribution in [0.15, 0.2) is 30.3 Å². The largest absolute Gasteiger partial charge is 1.00 e. The number of nitrogens with zero attached hydrogens (tertiary/aromatic N) is 6. The molecule has 6 N–H and O–H groups in total. The molecular formula is C20H29FN7NaO8P2. The summed E-state index contributed by atoms with van der Waals surface area (Å²) in [5.41, 5.74) is 6.26. The zero-order valence-corrected chi connectivity index (χ0v) is 25.2. The first-order chi connectivity index (χ1) is 17.8. The van der Waals surface area contributed by atoms with E-state index < -0.39 is 32.9 Å². The minimum absolute atomic E-state index is 0. The van der Waals surface area contributed by atoms with Gasteiger partial charge in [0.1, 0.15) is 17.7 Å². The van der Waals surface area contributed by atoms with Gasteiger partial charge >= 0.3 is 37.2 Å². The molecule has 1 aliphatic heterocycles. The third-order valence-electron chi connectivity index (χ3n) is 5.79. The van der Waals surface area contributed by atoms with Gasteiger partial charge < -0.3 is 44.6 Å². The van der Waals surface area contributed by atoms with Crippen molar-refractivity contribution in [1.82, 2.24) is 24.8 Å². The van der Waals surface area contributed by atoms with E-state index in [2.05, 4.69) is 25.2 Å². The molecule has 4 heterocycles. The first-order valence-corrected chi connectivity index (χ1v) is 14.6. The maximum Gasteiger partial charge on any atom is 1.00 e. The Hall–Kier alpha value is -1.55. The van der Waals surface area contributed by atoms with Crippen molar-refractivity contribution in [3.8, 4) is 17.4 Å². The van der Waals surface area contributed by atoms with Crippen molar-refractivity contribution in [3.05, 3.63) is 30.3 Å². The number of methoxy groups -OCH3 is 1. The fourth-order valence-corrected chi connectivity index (χ4v) is 5.84. The van der Waals surface area contributed by atoms with Gasteiger partial charge in [-0.15, -0.1) is 15.3 Å². The summed E-state index contributed by atoms with van der Waals surface area (Å²) >= 11 is 0. The molecule has 0 spiro atoms. The van der Waals surface area contributed by atoms with E-state index in [1.807, 2.05) is 24.3 Å². The number of aliphatic hydroxyl groups is 1. The van der Waals surface area contributed by atoms with E-state index in [-0.39, 0.29) is 42.5 Å². The van der Waals surface area contributed by atoms with Gasteiger partial charge in [0.05, 0.1) is 7.11 Å². The number of rotatable bonds is 8.